The average molecular weight is 342 g/mol. The number of methoxy groups -OCH3 is 2. The third-order valence-electron chi connectivity index (χ3n) is 2.77. The van der Waals surface area contributed by atoms with E-state index in [1.807, 2.05) is 33.1 Å². The fraction of sp³-hybridized carbons (Fsp3) is 0.533. The summed E-state index contributed by atoms with van der Waals surface area (Å²) in [6, 6.07) is 0. The summed E-state index contributed by atoms with van der Waals surface area (Å²) in [5.41, 5.74) is 0.322. The predicted octanol–water partition coefficient (Wildman–Crippen LogP) is 4.42. The average Bonchev–Trinajstić information content (AvgIpc) is 3.18. The number of aromatic nitrogens is 2. The molecule has 2 aromatic rings. The molecule has 2 heterocycles. The van der Waals surface area contributed by atoms with Gasteiger partial charge in [0.2, 0.25) is 0 Å². The van der Waals surface area contributed by atoms with Gasteiger partial charge in [-0.15, -0.1) is 22.7 Å². The second-order valence-corrected chi connectivity index (χ2v) is 6.39. The molecule has 0 aromatic carbocycles. The standard InChI is InChI=1S/C13H16N2O3S2.C2H6/c1-7(2)9(17-3)10-8(13(16)18-4)15-12(20-10)11-14-5-6-19-11;1-2/h5-7,9H,1-4H3;1-2H3. The minimum absolute atomic E-state index is 0.185. The molecular weight excluding hydrogens is 320 g/mol. The Labute approximate surface area is 139 Å². The van der Waals surface area contributed by atoms with Gasteiger partial charge in [-0.05, 0) is 5.92 Å². The van der Waals surface area contributed by atoms with Gasteiger partial charge < -0.3 is 9.47 Å². The monoisotopic (exact) mass is 342 g/mol. The molecule has 0 bridgehead atoms. The highest BCUT2D eigenvalue weighted by Gasteiger charge is 2.28. The van der Waals surface area contributed by atoms with E-state index < -0.39 is 5.97 Å². The molecule has 0 amide bonds. The number of thiazole rings is 2. The Bertz CT molecular complexity index is 580. The van der Waals surface area contributed by atoms with Crippen LogP contribution in [0.25, 0.3) is 10.0 Å². The van der Waals surface area contributed by atoms with Crippen molar-refractivity contribution in [3.63, 3.8) is 0 Å². The molecule has 122 valence electrons. The van der Waals surface area contributed by atoms with Crippen LogP contribution in [0.3, 0.4) is 0 Å². The molecule has 2 aromatic heterocycles. The van der Waals surface area contributed by atoms with Crippen LogP contribution in [0, 0.1) is 5.92 Å². The Morgan fingerprint density at radius 2 is 1.91 bits per heavy atom. The topological polar surface area (TPSA) is 61.3 Å². The second kappa shape index (κ2) is 8.97. The molecule has 0 N–H and O–H groups in total. The molecule has 0 radical (unpaired) electrons. The van der Waals surface area contributed by atoms with Crippen molar-refractivity contribution >= 4 is 28.6 Å². The summed E-state index contributed by atoms with van der Waals surface area (Å²) in [6.07, 6.45) is 1.53. The maximum absolute atomic E-state index is 11.9. The first-order valence-corrected chi connectivity index (χ1v) is 8.79. The lowest BCUT2D eigenvalue weighted by Crippen LogP contribution is -2.13. The van der Waals surface area contributed by atoms with E-state index in [1.165, 1.54) is 29.8 Å². The number of carbonyl (C=O) groups is 1. The number of hydrogen-bond donors (Lipinski definition) is 0. The fourth-order valence-electron chi connectivity index (χ4n) is 1.87. The van der Waals surface area contributed by atoms with Crippen molar-refractivity contribution in [1.29, 1.82) is 0 Å². The van der Waals surface area contributed by atoms with E-state index in [0.717, 1.165) is 14.9 Å². The van der Waals surface area contributed by atoms with Gasteiger partial charge in [0.1, 0.15) is 0 Å². The lowest BCUT2D eigenvalue weighted by Gasteiger charge is -2.18. The van der Waals surface area contributed by atoms with E-state index in [2.05, 4.69) is 9.97 Å². The van der Waals surface area contributed by atoms with Gasteiger partial charge in [-0.1, -0.05) is 27.7 Å². The van der Waals surface area contributed by atoms with Gasteiger partial charge in [-0.25, -0.2) is 14.8 Å². The van der Waals surface area contributed by atoms with Crippen LogP contribution in [0.15, 0.2) is 11.6 Å². The van der Waals surface area contributed by atoms with E-state index in [9.17, 15) is 4.79 Å². The molecule has 0 aliphatic rings. The number of ether oxygens (including phenoxy) is 2. The van der Waals surface area contributed by atoms with Gasteiger partial charge in [-0.3, -0.25) is 0 Å². The van der Waals surface area contributed by atoms with E-state index >= 15 is 0 Å². The third kappa shape index (κ3) is 4.12. The predicted molar refractivity (Wildman–Crippen MR) is 90.5 cm³/mol. The van der Waals surface area contributed by atoms with Crippen LogP contribution in [-0.4, -0.2) is 30.2 Å². The van der Waals surface area contributed by atoms with Crippen molar-refractivity contribution in [1.82, 2.24) is 9.97 Å². The molecular formula is C15H22N2O3S2. The van der Waals surface area contributed by atoms with E-state index in [0.29, 0.717) is 5.69 Å². The zero-order valence-corrected chi connectivity index (χ0v) is 15.4. The van der Waals surface area contributed by atoms with Crippen LogP contribution in [0.2, 0.25) is 0 Å². The smallest absolute Gasteiger partial charge is 0.357 e. The van der Waals surface area contributed by atoms with Crippen molar-refractivity contribution in [3.8, 4) is 10.0 Å². The largest absolute Gasteiger partial charge is 0.464 e. The lowest BCUT2D eigenvalue weighted by molar-refractivity contribution is 0.0541. The Hall–Kier alpha value is -1.31. The van der Waals surface area contributed by atoms with Crippen molar-refractivity contribution in [3.05, 3.63) is 22.1 Å². The highest BCUT2D eigenvalue weighted by Crippen LogP contribution is 2.37. The normalized spacial score (nSPS) is 11.8. The molecule has 0 saturated carbocycles. The van der Waals surface area contributed by atoms with Gasteiger partial charge in [0.05, 0.1) is 18.1 Å². The summed E-state index contributed by atoms with van der Waals surface area (Å²) in [4.78, 5) is 21.3. The second-order valence-electron chi connectivity index (χ2n) is 4.46. The van der Waals surface area contributed by atoms with Crippen LogP contribution < -0.4 is 0 Å². The van der Waals surface area contributed by atoms with Crippen LogP contribution in [0.1, 0.15) is 49.2 Å². The summed E-state index contributed by atoms with van der Waals surface area (Å²) in [6.45, 7) is 8.08. The van der Waals surface area contributed by atoms with Crippen LogP contribution in [0.5, 0.6) is 0 Å². The lowest BCUT2D eigenvalue weighted by atomic mass is 10.0. The molecule has 22 heavy (non-hydrogen) atoms. The van der Waals surface area contributed by atoms with E-state index in [1.54, 1.807) is 13.3 Å². The van der Waals surface area contributed by atoms with Gasteiger partial charge in [0.25, 0.3) is 0 Å². The summed E-state index contributed by atoms with van der Waals surface area (Å²) in [5, 5.41) is 3.40. The minimum atomic E-state index is -0.443. The summed E-state index contributed by atoms with van der Waals surface area (Å²) in [5.74, 6) is -0.213. The van der Waals surface area contributed by atoms with Crippen molar-refractivity contribution in [2.75, 3.05) is 14.2 Å². The number of rotatable bonds is 5. The molecule has 1 atom stereocenters. The highest BCUT2D eigenvalue weighted by atomic mass is 32.1. The summed E-state index contributed by atoms with van der Waals surface area (Å²) in [7, 11) is 2.99. The zero-order valence-electron chi connectivity index (χ0n) is 13.7. The quantitative estimate of drug-likeness (QED) is 0.753. The van der Waals surface area contributed by atoms with Crippen LogP contribution in [0.4, 0.5) is 0 Å². The zero-order chi connectivity index (χ0) is 16.7. The number of carbonyl (C=O) groups excluding carboxylic acids is 1. The van der Waals surface area contributed by atoms with Crippen LogP contribution in [-0.2, 0) is 9.47 Å². The number of esters is 1. The fourth-order valence-corrected chi connectivity index (χ4v) is 3.85. The van der Waals surface area contributed by atoms with Gasteiger partial charge >= 0.3 is 5.97 Å². The molecule has 0 aliphatic carbocycles. The molecule has 0 fully saturated rings. The van der Waals surface area contributed by atoms with Gasteiger partial charge in [0.15, 0.2) is 15.7 Å². The summed E-state index contributed by atoms with van der Waals surface area (Å²) >= 11 is 2.92. The maximum atomic E-state index is 11.9. The first-order chi connectivity index (χ1) is 10.6. The number of hydrogen-bond acceptors (Lipinski definition) is 7. The minimum Gasteiger partial charge on any atom is -0.464 e. The molecule has 1 unspecified atom stereocenters. The van der Waals surface area contributed by atoms with Crippen molar-refractivity contribution < 1.29 is 14.3 Å². The van der Waals surface area contributed by atoms with Gasteiger partial charge in [-0.2, -0.15) is 0 Å². The molecule has 5 nitrogen and oxygen atoms in total. The number of nitrogens with zero attached hydrogens (tertiary/aromatic N) is 2. The van der Waals surface area contributed by atoms with E-state index in [4.69, 9.17) is 9.47 Å². The van der Waals surface area contributed by atoms with E-state index in [-0.39, 0.29) is 12.0 Å². The van der Waals surface area contributed by atoms with Crippen LogP contribution >= 0.6 is 22.7 Å². The molecule has 0 aliphatic heterocycles. The summed E-state index contributed by atoms with van der Waals surface area (Å²) < 4.78 is 10.3. The van der Waals surface area contributed by atoms with Gasteiger partial charge in [0, 0.05) is 18.7 Å². The molecule has 7 heteroatoms. The van der Waals surface area contributed by atoms with Crippen molar-refractivity contribution in [2.45, 2.75) is 33.8 Å². The highest BCUT2D eigenvalue weighted by molar-refractivity contribution is 7.20. The molecule has 0 spiro atoms. The maximum Gasteiger partial charge on any atom is 0.357 e. The molecule has 0 saturated heterocycles. The molecule has 2 rings (SSSR count). The first-order valence-electron chi connectivity index (χ1n) is 7.10. The SMILES string of the molecule is CC.COC(=O)c1nc(-c2nccs2)sc1C(OC)C(C)C. The Morgan fingerprint density at radius 3 is 2.36 bits per heavy atom. The Balaban J connectivity index is 0.00000116. The van der Waals surface area contributed by atoms with Crippen molar-refractivity contribution in [2.24, 2.45) is 5.92 Å². The Kier molecular flexibility index (Phi) is 7.64. The first kappa shape index (κ1) is 18.7. The third-order valence-corrected chi connectivity index (χ3v) is 4.80. The Morgan fingerprint density at radius 1 is 1.23 bits per heavy atom.